The van der Waals surface area contributed by atoms with Gasteiger partial charge in [0.25, 0.3) is 11.8 Å². The molecule has 0 unspecified atom stereocenters. The largest absolute Gasteiger partial charge is 0.490 e. The van der Waals surface area contributed by atoms with E-state index >= 15 is 0 Å². The first kappa shape index (κ1) is 22.3. The van der Waals surface area contributed by atoms with Gasteiger partial charge in [-0.25, -0.2) is 0 Å². The maximum atomic E-state index is 12.8. The van der Waals surface area contributed by atoms with Gasteiger partial charge in [0.15, 0.2) is 0 Å². The highest BCUT2D eigenvalue weighted by molar-refractivity contribution is 9.10. The molecule has 6 nitrogen and oxygen atoms in total. The minimum Gasteiger partial charge on any atom is -0.490 e. The standard InChI is InChI=1S/C23H27BrN2O4/c1-16-8-10-26(11-9-16)23(28)18-4-3-5-19(14-18)25-22(27)17-6-7-21(20(24)15-17)30-13-12-29-2/h3-7,14-16H,8-13H2,1-2H3,(H,25,27). The van der Waals surface area contributed by atoms with Crippen molar-refractivity contribution in [2.24, 2.45) is 5.92 Å². The van der Waals surface area contributed by atoms with E-state index in [4.69, 9.17) is 9.47 Å². The lowest BCUT2D eigenvalue weighted by molar-refractivity contribution is 0.0697. The monoisotopic (exact) mass is 474 g/mol. The first-order valence-corrected chi connectivity index (χ1v) is 10.9. The van der Waals surface area contributed by atoms with Gasteiger partial charge in [-0.3, -0.25) is 9.59 Å². The van der Waals surface area contributed by atoms with E-state index in [2.05, 4.69) is 28.2 Å². The van der Waals surface area contributed by atoms with E-state index in [1.165, 1.54) is 0 Å². The Balaban J connectivity index is 1.65. The van der Waals surface area contributed by atoms with Crippen LogP contribution in [0.1, 0.15) is 40.5 Å². The predicted molar refractivity (Wildman–Crippen MR) is 120 cm³/mol. The van der Waals surface area contributed by atoms with Crippen LogP contribution in [0.25, 0.3) is 0 Å². The van der Waals surface area contributed by atoms with Crippen LogP contribution in [0.5, 0.6) is 5.75 Å². The van der Waals surface area contributed by atoms with Crippen LogP contribution in [-0.4, -0.2) is 50.1 Å². The van der Waals surface area contributed by atoms with E-state index < -0.39 is 0 Å². The van der Waals surface area contributed by atoms with Gasteiger partial charge >= 0.3 is 0 Å². The molecule has 1 aliphatic rings. The van der Waals surface area contributed by atoms with Gasteiger partial charge in [0.2, 0.25) is 0 Å². The lowest BCUT2D eigenvalue weighted by Crippen LogP contribution is -2.37. The van der Waals surface area contributed by atoms with Crippen molar-refractivity contribution in [2.45, 2.75) is 19.8 Å². The van der Waals surface area contributed by atoms with Crippen LogP contribution in [0.2, 0.25) is 0 Å². The van der Waals surface area contributed by atoms with Gasteiger partial charge in [0, 0.05) is 37.0 Å². The number of hydrogen-bond donors (Lipinski definition) is 1. The Kier molecular flexibility index (Phi) is 7.87. The summed E-state index contributed by atoms with van der Waals surface area (Å²) in [7, 11) is 1.61. The minimum atomic E-state index is -0.254. The summed E-state index contributed by atoms with van der Waals surface area (Å²) < 4.78 is 11.3. The maximum absolute atomic E-state index is 12.8. The number of amides is 2. The number of methoxy groups -OCH3 is 1. The van der Waals surface area contributed by atoms with Gasteiger partial charge in [-0.15, -0.1) is 0 Å². The molecule has 1 aliphatic heterocycles. The van der Waals surface area contributed by atoms with Gasteiger partial charge in [-0.05, 0) is 71.1 Å². The number of ether oxygens (including phenoxy) is 2. The second-order valence-electron chi connectivity index (χ2n) is 7.50. The van der Waals surface area contributed by atoms with E-state index in [1.807, 2.05) is 4.90 Å². The molecule has 0 spiro atoms. The third-order valence-electron chi connectivity index (χ3n) is 5.18. The van der Waals surface area contributed by atoms with Crippen LogP contribution in [0, 0.1) is 5.92 Å². The molecule has 30 heavy (non-hydrogen) atoms. The molecular formula is C23H27BrN2O4. The van der Waals surface area contributed by atoms with Crippen LogP contribution in [0.3, 0.4) is 0 Å². The van der Waals surface area contributed by atoms with Crippen molar-refractivity contribution in [1.29, 1.82) is 0 Å². The number of hydrogen-bond acceptors (Lipinski definition) is 4. The quantitative estimate of drug-likeness (QED) is 0.595. The fourth-order valence-corrected chi connectivity index (χ4v) is 3.81. The second-order valence-corrected chi connectivity index (χ2v) is 8.35. The fraction of sp³-hybridized carbons (Fsp3) is 0.391. The van der Waals surface area contributed by atoms with Crippen LogP contribution in [-0.2, 0) is 4.74 Å². The molecule has 0 bridgehead atoms. The summed E-state index contributed by atoms with van der Waals surface area (Å²) >= 11 is 3.44. The molecule has 1 fully saturated rings. The lowest BCUT2D eigenvalue weighted by Gasteiger charge is -2.30. The highest BCUT2D eigenvalue weighted by atomic mass is 79.9. The lowest BCUT2D eigenvalue weighted by atomic mass is 9.98. The van der Waals surface area contributed by atoms with E-state index in [-0.39, 0.29) is 11.8 Å². The van der Waals surface area contributed by atoms with E-state index in [9.17, 15) is 9.59 Å². The number of carbonyl (C=O) groups is 2. The zero-order valence-corrected chi connectivity index (χ0v) is 18.9. The zero-order chi connectivity index (χ0) is 21.5. The van der Waals surface area contributed by atoms with E-state index in [1.54, 1.807) is 49.6 Å². The van der Waals surface area contributed by atoms with E-state index in [0.717, 1.165) is 25.9 Å². The van der Waals surface area contributed by atoms with Crippen molar-refractivity contribution >= 4 is 33.4 Å². The Morgan fingerprint density at radius 2 is 1.87 bits per heavy atom. The highest BCUT2D eigenvalue weighted by Gasteiger charge is 2.21. The summed E-state index contributed by atoms with van der Waals surface area (Å²) in [5.74, 6) is 1.07. The second kappa shape index (κ2) is 10.6. The van der Waals surface area contributed by atoms with Crippen molar-refractivity contribution in [3.63, 3.8) is 0 Å². The van der Waals surface area contributed by atoms with Crippen molar-refractivity contribution < 1.29 is 19.1 Å². The molecule has 7 heteroatoms. The summed E-state index contributed by atoms with van der Waals surface area (Å²) in [5.41, 5.74) is 1.67. The van der Waals surface area contributed by atoms with Crippen molar-refractivity contribution in [3.05, 3.63) is 58.1 Å². The molecule has 2 aromatic rings. The first-order chi connectivity index (χ1) is 14.5. The molecule has 0 aliphatic carbocycles. The number of benzene rings is 2. The van der Waals surface area contributed by atoms with Crippen molar-refractivity contribution in [1.82, 2.24) is 4.90 Å². The first-order valence-electron chi connectivity index (χ1n) is 10.1. The smallest absolute Gasteiger partial charge is 0.255 e. The van der Waals surface area contributed by atoms with Crippen molar-refractivity contribution in [2.75, 3.05) is 38.7 Å². The van der Waals surface area contributed by atoms with Crippen LogP contribution < -0.4 is 10.1 Å². The molecule has 1 heterocycles. The molecule has 2 aromatic carbocycles. The normalized spacial score (nSPS) is 14.4. The molecule has 3 rings (SSSR count). The third kappa shape index (κ3) is 5.83. The summed E-state index contributed by atoms with van der Waals surface area (Å²) in [6.45, 7) is 4.69. The van der Waals surface area contributed by atoms with Crippen molar-refractivity contribution in [3.8, 4) is 5.75 Å². The number of rotatable bonds is 7. The average Bonchev–Trinajstić information content (AvgIpc) is 2.75. The summed E-state index contributed by atoms with van der Waals surface area (Å²) in [6, 6.07) is 12.2. The summed E-state index contributed by atoms with van der Waals surface area (Å²) in [5, 5.41) is 2.87. The van der Waals surface area contributed by atoms with Crippen LogP contribution in [0.4, 0.5) is 5.69 Å². The number of halogens is 1. The molecular weight excluding hydrogens is 448 g/mol. The molecule has 2 amide bonds. The number of carbonyl (C=O) groups excluding carboxylic acids is 2. The average molecular weight is 475 g/mol. The van der Waals surface area contributed by atoms with Gasteiger partial charge in [0.05, 0.1) is 11.1 Å². The number of nitrogens with zero attached hydrogens (tertiary/aromatic N) is 1. The topological polar surface area (TPSA) is 67.9 Å². The SMILES string of the molecule is COCCOc1ccc(C(=O)Nc2cccc(C(=O)N3CCC(C)CC3)c2)cc1Br. The number of likely N-dealkylation sites (tertiary alicyclic amines) is 1. The Bertz CT molecular complexity index is 895. The molecule has 0 saturated carbocycles. The third-order valence-corrected chi connectivity index (χ3v) is 5.80. The van der Waals surface area contributed by atoms with E-state index in [0.29, 0.717) is 46.2 Å². The number of piperidine rings is 1. The molecule has 1 saturated heterocycles. The molecule has 0 atom stereocenters. The van der Waals surface area contributed by atoms with Crippen LogP contribution in [0.15, 0.2) is 46.9 Å². The molecule has 0 radical (unpaired) electrons. The number of anilines is 1. The van der Waals surface area contributed by atoms with Gasteiger partial charge < -0.3 is 19.7 Å². The highest BCUT2D eigenvalue weighted by Crippen LogP contribution is 2.26. The zero-order valence-electron chi connectivity index (χ0n) is 17.3. The summed E-state index contributed by atoms with van der Waals surface area (Å²) in [4.78, 5) is 27.3. The summed E-state index contributed by atoms with van der Waals surface area (Å²) in [6.07, 6.45) is 2.06. The van der Waals surface area contributed by atoms with Gasteiger partial charge in [0.1, 0.15) is 12.4 Å². The Hall–Kier alpha value is -2.38. The Morgan fingerprint density at radius 1 is 1.10 bits per heavy atom. The fourth-order valence-electron chi connectivity index (χ4n) is 3.32. The Labute approximate surface area is 185 Å². The minimum absolute atomic E-state index is 0.0123. The Morgan fingerprint density at radius 3 is 2.57 bits per heavy atom. The number of nitrogens with one attached hydrogen (secondary N) is 1. The van der Waals surface area contributed by atoms with Gasteiger partial charge in [-0.1, -0.05) is 13.0 Å². The van der Waals surface area contributed by atoms with Gasteiger partial charge in [-0.2, -0.15) is 0 Å². The molecule has 0 aromatic heterocycles. The predicted octanol–water partition coefficient (Wildman–Crippen LogP) is 4.60. The van der Waals surface area contributed by atoms with Crippen LogP contribution >= 0.6 is 15.9 Å². The maximum Gasteiger partial charge on any atom is 0.255 e. The molecule has 160 valence electrons. The molecule has 1 N–H and O–H groups in total.